The van der Waals surface area contributed by atoms with E-state index >= 15 is 0 Å². The third-order valence-electron chi connectivity index (χ3n) is 4.25. The molecule has 0 atom stereocenters. The van der Waals surface area contributed by atoms with Gasteiger partial charge in [0, 0.05) is 33.8 Å². The van der Waals surface area contributed by atoms with Crippen LogP contribution in [0.1, 0.15) is 12.3 Å². The van der Waals surface area contributed by atoms with Crippen molar-refractivity contribution in [1.29, 1.82) is 0 Å². The fourth-order valence-electron chi connectivity index (χ4n) is 2.73. The number of thiazole rings is 1. The molecular weight excluding hydrogens is 468 g/mol. The summed E-state index contributed by atoms with van der Waals surface area (Å²) in [5, 5.41) is 9.26. The van der Waals surface area contributed by atoms with Crippen molar-refractivity contribution >= 4 is 38.3 Å². The van der Waals surface area contributed by atoms with Gasteiger partial charge in [-0.1, -0.05) is 33.2 Å². The van der Waals surface area contributed by atoms with Crippen molar-refractivity contribution in [2.24, 2.45) is 0 Å². The van der Waals surface area contributed by atoms with Crippen LogP contribution in [-0.2, 0) is 11.2 Å². The average molecular weight is 485 g/mol. The lowest BCUT2D eigenvalue weighted by molar-refractivity contribution is -0.116. The number of benzene rings is 2. The molecule has 2 heterocycles. The maximum atomic E-state index is 12.3. The van der Waals surface area contributed by atoms with Crippen molar-refractivity contribution in [1.82, 2.24) is 15.1 Å². The smallest absolute Gasteiger partial charge is 0.227 e. The van der Waals surface area contributed by atoms with E-state index in [-0.39, 0.29) is 12.3 Å². The fourth-order valence-corrected chi connectivity index (χ4v) is 3.86. The van der Waals surface area contributed by atoms with E-state index in [1.165, 1.54) is 11.3 Å². The number of hydrogen-bond acceptors (Lipinski definition) is 7. The number of carbonyl (C=O) groups is 1. The summed E-state index contributed by atoms with van der Waals surface area (Å²) < 4.78 is 11.4. The molecule has 4 aromatic rings. The number of nitrogens with zero attached hydrogens (tertiary/aromatic N) is 3. The number of ether oxygens (including phenoxy) is 1. The minimum Gasteiger partial charge on any atom is -0.497 e. The normalized spacial score (nSPS) is 10.7. The predicted molar refractivity (Wildman–Crippen MR) is 118 cm³/mol. The number of anilines is 1. The summed E-state index contributed by atoms with van der Waals surface area (Å²) in [7, 11) is 1.61. The third-order valence-corrected chi connectivity index (χ3v) is 5.50. The molecular formula is C21H17BrN4O3S. The molecule has 0 saturated carbocycles. The highest BCUT2D eigenvalue weighted by atomic mass is 79.9. The standard InChI is InChI=1S/C21H17BrN4O3S/c1-28-16-7-5-13(6-8-16)20-25-19(29-26-20)10-9-18(27)24-21-23-17(12-30-21)14-3-2-4-15(22)11-14/h2-8,11-12H,9-10H2,1H3,(H,23,24,27). The van der Waals surface area contributed by atoms with Crippen LogP contribution in [0.2, 0.25) is 0 Å². The highest BCUT2D eigenvalue weighted by molar-refractivity contribution is 9.10. The lowest BCUT2D eigenvalue weighted by Gasteiger charge is -2.00. The van der Waals surface area contributed by atoms with Gasteiger partial charge < -0.3 is 14.6 Å². The molecule has 0 fully saturated rings. The van der Waals surface area contributed by atoms with Crippen LogP contribution in [0.25, 0.3) is 22.6 Å². The number of nitrogens with one attached hydrogen (secondary N) is 1. The topological polar surface area (TPSA) is 90.1 Å². The molecule has 0 unspecified atom stereocenters. The van der Waals surface area contributed by atoms with Crippen LogP contribution in [0.15, 0.2) is 62.9 Å². The fraction of sp³-hybridized carbons (Fsp3) is 0.143. The molecule has 0 spiro atoms. The van der Waals surface area contributed by atoms with Gasteiger partial charge in [0.15, 0.2) is 5.13 Å². The first-order valence-electron chi connectivity index (χ1n) is 9.09. The summed E-state index contributed by atoms with van der Waals surface area (Å²) in [6.45, 7) is 0. The largest absolute Gasteiger partial charge is 0.497 e. The lowest BCUT2D eigenvalue weighted by Crippen LogP contribution is -2.12. The van der Waals surface area contributed by atoms with Gasteiger partial charge in [-0.05, 0) is 36.4 Å². The summed E-state index contributed by atoms with van der Waals surface area (Å²) in [6, 6.07) is 15.2. The number of halogens is 1. The Morgan fingerprint density at radius 2 is 2.00 bits per heavy atom. The summed E-state index contributed by atoms with van der Waals surface area (Å²) >= 11 is 4.84. The number of aromatic nitrogens is 3. The van der Waals surface area contributed by atoms with E-state index in [0.29, 0.717) is 23.3 Å². The molecule has 4 rings (SSSR count). The van der Waals surface area contributed by atoms with Crippen LogP contribution in [0.3, 0.4) is 0 Å². The second-order valence-corrected chi connectivity index (χ2v) is 8.11. The van der Waals surface area contributed by atoms with E-state index < -0.39 is 0 Å². The van der Waals surface area contributed by atoms with Gasteiger partial charge in [0.1, 0.15) is 5.75 Å². The first-order valence-corrected chi connectivity index (χ1v) is 10.8. The maximum absolute atomic E-state index is 12.3. The zero-order valence-electron chi connectivity index (χ0n) is 16.0. The number of rotatable bonds is 7. The number of aryl methyl sites for hydroxylation is 1. The molecule has 0 saturated heterocycles. The highest BCUT2D eigenvalue weighted by Gasteiger charge is 2.13. The Morgan fingerprint density at radius 3 is 2.77 bits per heavy atom. The van der Waals surface area contributed by atoms with Gasteiger partial charge in [-0.25, -0.2) is 4.98 Å². The Morgan fingerprint density at radius 1 is 1.17 bits per heavy atom. The van der Waals surface area contributed by atoms with Crippen LogP contribution < -0.4 is 10.1 Å². The molecule has 2 aromatic heterocycles. The van der Waals surface area contributed by atoms with E-state index in [1.807, 2.05) is 53.9 Å². The van der Waals surface area contributed by atoms with Crippen LogP contribution in [0.4, 0.5) is 5.13 Å². The SMILES string of the molecule is COc1ccc(-c2noc(CCC(=O)Nc3nc(-c4cccc(Br)c4)cs3)n2)cc1. The van der Waals surface area contributed by atoms with E-state index in [2.05, 4.69) is 36.4 Å². The second-order valence-electron chi connectivity index (χ2n) is 6.34. The maximum Gasteiger partial charge on any atom is 0.227 e. The van der Waals surface area contributed by atoms with Crippen LogP contribution in [-0.4, -0.2) is 28.1 Å². The molecule has 152 valence electrons. The van der Waals surface area contributed by atoms with Gasteiger partial charge >= 0.3 is 0 Å². The minimum absolute atomic E-state index is 0.158. The molecule has 0 radical (unpaired) electrons. The van der Waals surface area contributed by atoms with Crippen LogP contribution >= 0.6 is 27.3 Å². The van der Waals surface area contributed by atoms with Gasteiger partial charge in [0.05, 0.1) is 12.8 Å². The molecule has 0 aliphatic rings. The molecule has 30 heavy (non-hydrogen) atoms. The zero-order chi connectivity index (χ0) is 20.9. The summed E-state index contributed by atoms with van der Waals surface area (Å²) in [5.41, 5.74) is 2.62. The quantitative estimate of drug-likeness (QED) is 0.387. The van der Waals surface area contributed by atoms with E-state index in [4.69, 9.17) is 9.26 Å². The van der Waals surface area contributed by atoms with Gasteiger partial charge in [-0.2, -0.15) is 4.98 Å². The Bertz CT molecular complexity index is 1160. The van der Waals surface area contributed by atoms with E-state index in [1.54, 1.807) is 7.11 Å². The molecule has 1 N–H and O–H groups in total. The van der Waals surface area contributed by atoms with Crippen LogP contribution in [0, 0.1) is 0 Å². The Hall–Kier alpha value is -3.04. The van der Waals surface area contributed by atoms with Crippen molar-refractivity contribution in [3.63, 3.8) is 0 Å². The first kappa shape index (κ1) is 20.2. The van der Waals surface area contributed by atoms with Crippen molar-refractivity contribution in [2.75, 3.05) is 12.4 Å². The molecule has 7 nitrogen and oxygen atoms in total. The summed E-state index contributed by atoms with van der Waals surface area (Å²) in [4.78, 5) is 21.1. The van der Waals surface area contributed by atoms with Gasteiger partial charge in [-0.3, -0.25) is 4.79 Å². The molecule has 0 aliphatic carbocycles. The monoisotopic (exact) mass is 484 g/mol. The Labute approximate surface area is 185 Å². The van der Waals surface area contributed by atoms with Gasteiger partial charge in [0.25, 0.3) is 0 Å². The lowest BCUT2D eigenvalue weighted by atomic mass is 10.2. The third kappa shape index (κ3) is 4.92. The van der Waals surface area contributed by atoms with Crippen molar-refractivity contribution in [3.05, 3.63) is 64.3 Å². The van der Waals surface area contributed by atoms with Crippen molar-refractivity contribution < 1.29 is 14.1 Å². The molecule has 9 heteroatoms. The van der Waals surface area contributed by atoms with Crippen molar-refractivity contribution in [2.45, 2.75) is 12.8 Å². The molecule has 1 amide bonds. The van der Waals surface area contributed by atoms with E-state index in [9.17, 15) is 4.79 Å². The number of methoxy groups -OCH3 is 1. The number of hydrogen-bond donors (Lipinski definition) is 1. The number of carbonyl (C=O) groups excluding carboxylic acids is 1. The van der Waals surface area contributed by atoms with Crippen molar-refractivity contribution in [3.8, 4) is 28.4 Å². The molecule has 0 bridgehead atoms. The van der Waals surface area contributed by atoms with Gasteiger partial charge in [-0.15, -0.1) is 11.3 Å². The first-order chi connectivity index (χ1) is 14.6. The summed E-state index contributed by atoms with van der Waals surface area (Å²) in [6.07, 6.45) is 0.564. The highest BCUT2D eigenvalue weighted by Crippen LogP contribution is 2.27. The van der Waals surface area contributed by atoms with Gasteiger partial charge in [0.2, 0.25) is 17.6 Å². The average Bonchev–Trinajstić information content (AvgIpc) is 3.42. The molecule has 0 aliphatic heterocycles. The number of amides is 1. The predicted octanol–water partition coefficient (Wildman–Crippen LogP) is 5.20. The van der Waals surface area contributed by atoms with E-state index in [0.717, 1.165) is 27.0 Å². The Kier molecular flexibility index (Phi) is 6.20. The summed E-state index contributed by atoms with van der Waals surface area (Å²) in [5.74, 6) is 1.48. The zero-order valence-corrected chi connectivity index (χ0v) is 18.4. The minimum atomic E-state index is -0.158. The Balaban J connectivity index is 1.32. The van der Waals surface area contributed by atoms with Crippen LogP contribution in [0.5, 0.6) is 5.75 Å². The second kappa shape index (κ2) is 9.19. The molecule has 2 aromatic carbocycles.